The molecular weight excluding hydrogens is 246 g/mol. The Labute approximate surface area is 110 Å². The van der Waals surface area contributed by atoms with E-state index in [1.807, 2.05) is 12.1 Å². The SMILES string of the molecule is COC(=O)C(C)(O)Cn1ccc2ccccc2c1=O. The molecule has 0 fully saturated rings. The van der Waals surface area contributed by atoms with Crippen LogP contribution in [0.4, 0.5) is 0 Å². The molecule has 100 valence electrons. The first-order chi connectivity index (χ1) is 8.95. The van der Waals surface area contributed by atoms with Crippen molar-refractivity contribution < 1.29 is 14.6 Å². The second kappa shape index (κ2) is 4.85. The molecule has 0 spiro atoms. The van der Waals surface area contributed by atoms with E-state index in [1.165, 1.54) is 18.6 Å². The first-order valence-corrected chi connectivity index (χ1v) is 5.85. The van der Waals surface area contributed by atoms with Crippen molar-refractivity contribution in [2.75, 3.05) is 7.11 Å². The number of methoxy groups -OCH3 is 1. The fourth-order valence-electron chi connectivity index (χ4n) is 1.97. The number of benzene rings is 1. The molecule has 1 aromatic heterocycles. The van der Waals surface area contributed by atoms with Crippen molar-refractivity contribution in [3.8, 4) is 0 Å². The Morgan fingerprint density at radius 2 is 2.05 bits per heavy atom. The number of esters is 1. The van der Waals surface area contributed by atoms with Gasteiger partial charge in [0.05, 0.1) is 13.7 Å². The van der Waals surface area contributed by atoms with Crippen LogP contribution in [0.1, 0.15) is 6.92 Å². The molecule has 0 aliphatic rings. The number of aliphatic hydroxyl groups is 1. The van der Waals surface area contributed by atoms with Gasteiger partial charge in [-0.15, -0.1) is 0 Å². The number of nitrogens with zero attached hydrogens (tertiary/aromatic N) is 1. The molecule has 1 N–H and O–H groups in total. The minimum absolute atomic E-state index is 0.149. The Morgan fingerprint density at radius 1 is 1.37 bits per heavy atom. The zero-order valence-corrected chi connectivity index (χ0v) is 10.8. The molecule has 0 amide bonds. The van der Waals surface area contributed by atoms with Crippen molar-refractivity contribution >= 4 is 16.7 Å². The molecule has 5 nitrogen and oxygen atoms in total. The minimum Gasteiger partial charge on any atom is -0.467 e. The van der Waals surface area contributed by atoms with Crippen LogP contribution >= 0.6 is 0 Å². The molecule has 19 heavy (non-hydrogen) atoms. The lowest BCUT2D eigenvalue weighted by Crippen LogP contribution is -2.43. The number of rotatable bonds is 3. The average molecular weight is 261 g/mol. The Kier molecular flexibility index (Phi) is 3.40. The average Bonchev–Trinajstić information content (AvgIpc) is 2.41. The molecular formula is C14H15NO4. The maximum atomic E-state index is 12.2. The standard InChI is InChI=1S/C14H15NO4/c1-14(18,13(17)19-2)9-15-8-7-10-5-3-4-6-11(10)12(15)16/h3-8,18H,9H2,1-2H3. The van der Waals surface area contributed by atoms with E-state index >= 15 is 0 Å². The van der Waals surface area contributed by atoms with Crippen molar-refractivity contribution in [3.63, 3.8) is 0 Å². The van der Waals surface area contributed by atoms with Gasteiger partial charge in [-0.2, -0.15) is 0 Å². The summed E-state index contributed by atoms with van der Waals surface area (Å²) in [6, 6.07) is 8.92. The third-order valence-corrected chi connectivity index (χ3v) is 2.99. The van der Waals surface area contributed by atoms with E-state index in [-0.39, 0.29) is 12.1 Å². The molecule has 0 saturated heterocycles. The van der Waals surface area contributed by atoms with Gasteiger partial charge in [0.25, 0.3) is 5.56 Å². The van der Waals surface area contributed by atoms with Crippen molar-refractivity contribution in [2.24, 2.45) is 0 Å². The van der Waals surface area contributed by atoms with Gasteiger partial charge in [-0.05, 0) is 24.4 Å². The molecule has 2 aromatic rings. The largest absolute Gasteiger partial charge is 0.467 e. The molecule has 0 aliphatic carbocycles. The summed E-state index contributed by atoms with van der Waals surface area (Å²) in [4.78, 5) is 23.6. The highest BCUT2D eigenvalue weighted by atomic mass is 16.5. The highest BCUT2D eigenvalue weighted by molar-refractivity contribution is 5.81. The van der Waals surface area contributed by atoms with Gasteiger partial charge >= 0.3 is 5.97 Å². The van der Waals surface area contributed by atoms with Gasteiger partial charge in [0.2, 0.25) is 0 Å². The predicted molar refractivity (Wildman–Crippen MR) is 70.8 cm³/mol. The summed E-state index contributed by atoms with van der Waals surface area (Å²) < 4.78 is 5.82. The topological polar surface area (TPSA) is 68.5 Å². The van der Waals surface area contributed by atoms with Gasteiger partial charge in [-0.25, -0.2) is 4.79 Å². The van der Waals surface area contributed by atoms with E-state index in [4.69, 9.17) is 0 Å². The van der Waals surface area contributed by atoms with E-state index in [0.717, 1.165) is 5.39 Å². The quantitative estimate of drug-likeness (QED) is 0.834. The number of fused-ring (bicyclic) bond motifs is 1. The Bertz CT molecular complexity index is 672. The zero-order chi connectivity index (χ0) is 14.0. The molecule has 0 aliphatic heterocycles. The Balaban J connectivity index is 2.45. The van der Waals surface area contributed by atoms with E-state index in [0.29, 0.717) is 5.39 Å². The Morgan fingerprint density at radius 3 is 2.74 bits per heavy atom. The van der Waals surface area contributed by atoms with Crippen LogP contribution in [-0.4, -0.2) is 28.4 Å². The number of hydrogen-bond acceptors (Lipinski definition) is 4. The highest BCUT2D eigenvalue weighted by Gasteiger charge is 2.32. The lowest BCUT2D eigenvalue weighted by molar-refractivity contribution is -0.161. The summed E-state index contributed by atoms with van der Waals surface area (Å²) >= 11 is 0. The molecule has 1 unspecified atom stereocenters. The highest BCUT2D eigenvalue weighted by Crippen LogP contribution is 2.12. The van der Waals surface area contributed by atoms with Crippen LogP contribution in [-0.2, 0) is 16.1 Å². The lowest BCUT2D eigenvalue weighted by atomic mass is 10.1. The summed E-state index contributed by atoms with van der Waals surface area (Å²) in [5, 5.41) is 11.4. The third-order valence-electron chi connectivity index (χ3n) is 2.99. The molecule has 5 heteroatoms. The van der Waals surface area contributed by atoms with Crippen molar-refractivity contribution in [1.82, 2.24) is 4.57 Å². The fraction of sp³-hybridized carbons (Fsp3) is 0.286. The molecule has 2 rings (SSSR count). The van der Waals surface area contributed by atoms with Crippen LogP contribution in [0.25, 0.3) is 10.8 Å². The van der Waals surface area contributed by atoms with Crippen molar-refractivity contribution in [2.45, 2.75) is 19.1 Å². The molecule has 0 bridgehead atoms. The minimum atomic E-state index is -1.74. The van der Waals surface area contributed by atoms with Gasteiger partial charge in [0.1, 0.15) is 0 Å². The maximum absolute atomic E-state index is 12.2. The molecule has 0 saturated carbocycles. The predicted octanol–water partition coefficient (Wildman–Crippen LogP) is 0.925. The van der Waals surface area contributed by atoms with E-state index in [9.17, 15) is 14.7 Å². The number of carbonyl (C=O) groups is 1. The summed E-state index contributed by atoms with van der Waals surface area (Å²) in [7, 11) is 1.19. The van der Waals surface area contributed by atoms with Crippen LogP contribution < -0.4 is 5.56 Å². The third kappa shape index (κ3) is 2.51. The van der Waals surface area contributed by atoms with E-state index in [2.05, 4.69) is 4.74 Å². The van der Waals surface area contributed by atoms with Crippen molar-refractivity contribution in [3.05, 3.63) is 46.9 Å². The summed E-state index contributed by atoms with van der Waals surface area (Å²) in [6.45, 7) is 1.17. The number of hydrogen-bond donors (Lipinski definition) is 1. The van der Waals surface area contributed by atoms with E-state index < -0.39 is 11.6 Å². The number of ether oxygens (including phenoxy) is 1. The van der Waals surface area contributed by atoms with Crippen LogP contribution in [0.3, 0.4) is 0 Å². The lowest BCUT2D eigenvalue weighted by Gasteiger charge is -2.21. The molecule has 1 atom stereocenters. The molecule has 1 aromatic carbocycles. The van der Waals surface area contributed by atoms with Crippen LogP contribution in [0, 0.1) is 0 Å². The van der Waals surface area contributed by atoms with Gasteiger partial charge in [-0.1, -0.05) is 18.2 Å². The second-order valence-electron chi connectivity index (χ2n) is 4.60. The van der Waals surface area contributed by atoms with Gasteiger partial charge in [0, 0.05) is 11.6 Å². The number of pyridine rings is 1. The number of carbonyl (C=O) groups excluding carboxylic acids is 1. The monoisotopic (exact) mass is 261 g/mol. The summed E-state index contributed by atoms with van der Waals surface area (Å²) in [5.41, 5.74) is -1.98. The fourth-order valence-corrected chi connectivity index (χ4v) is 1.97. The maximum Gasteiger partial charge on any atom is 0.339 e. The van der Waals surface area contributed by atoms with Crippen molar-refractivity contribution in [1.29, 1.82) is 0 Å². The molecule has 0 radical (unpaired) electrons. The van der Waals surface area contributed by atoms with Crippen LogP contribution in [0.15, 0.2) is 41.3 Å². The smallest absolute Gasteiger partial charge is 0.339 e. The number of aromatic nitrogens is 1. The van der Waals surface area contributed by atoms with Crippen LogP contribution in [0.2, 0.25) is 0 Å². The normalized spacial score (nSPS) is 14.1. The first-order valence-electron chi connectivity index (χ1n) is 5.85. The van der Waals surface area contributed by atoms with E-state index in [1.54, 1.807) is 24.4 Å². The van der Waals surface area contributed by atoms with Gasteiger partial charge < -0.3 is 14.4 Å². The van der Waals surface area contributed by atoms with Gasteiger partial charge in [0.15, 0.2) is 5.60 Å². The first kappa shape index (κ1) is 13.3. The zero-order valence-electron chi connectivity index (χ0n) is 10.8. The van der Waals surface area contributed by atoms with Gasteiger partial charge in [-0.3, -0.25) is 4.79 Å². The molecule has 1 heterocycles. The summed E-state index contributed by atoms with van der Waals surface area (Å²) in [5.74, 6) is -0.771. The second-order valence-corrected chi connectivity index (χ2v) is 4.60. The Hall–Kier alpha value is -2.14. The summed E-state index contributed by atoms with van der Waals surface area (Å²) in [6.07, 6.45) is 1.56. The van der Waals surface area contributed by atoms with Crippen LogP contribution in [0.5, 0.6) is 0 Å².